The topological polar surface area (TPSA) is 35.2 Å². The van der Waals surface area contributed by atoms with Crippen molar-refractivity contribution in [2.75, 3.05) is 13.2 Å². The Morgan fingerprint density at radius 3 is 2.38 bits per heavy atom. The lowest BCUT2D eigenvalue weighted by Gasteiger charge is -2.38. The number of ether oxygens (including phenoxy) is 1. The quantitative estimate of drug-likeness (QED) is 0.784. The maximum Gasteiger partial charge on any atom is 0.0898 e. The van der Waals surface area contributed by atoms with Crippen LogP contribution in [0.25, 0.3) is 0 Å². The second kappa shape index (κ2) is 3.84. The largest absolute Gasteiger partial charge is 0.377 e. The molecule has 1 heterocycles. The molecule has 0 bridgehead atoms. The van der Waals surface area contributed by atoms with Gasteiger partial charge in [-0.2, -0.15) is 0 Å². The summed E-state index contributed by atoms with van der Waals surface area (Å²) >= 11 is 5.99. The van der Waals surface area contributed by atoms with E-state index in [4.69, 9.17) is 22.1 Å². The van der Waals surface area contributed by atoms with Gasteiger partial charge in [-0.15, -0.1) is 12.4 Å². The molecule has 0 amide bonds. The molecule has 0 saturated carbocycles. The molecule has 2 rings (SSSR count). The first-order valence-corrected chi connectivity index (χ1v) is 4.22. The second-order valence-corrected chi connectivity index (χ2v) is 3.54. The summed E-state index contributed by atoms with van der Waals surface area (Å²) in [6.45, 7) is 1.13. The highest BCUT2D eigenvalue weighted by Crippen LogP contribution is 2.31. The summed E-state index contributed by atoms with van der Waals surface area (Å²) in [5, 5.41) is 0.725. The molecule has 1 fully saturated rings. The van der Waals surface area contributed by atoms with E-state index >= 15 is 0 Å². The van der Waals surface area contributed by atoms with Gasteiger partial charge in [-0.05, 0) is 11.6 Å². The molecule has 0 unspecified atom stereocenters. The standard InChI is InChI=1S/C9H10ClNO.ClH/c10-8-4-2-1-3-7(8)9(11)5-12-6-9;/h1-4H,5-6,11H2;1H. The number of hydrogen-bond donors (Lipinski definition) is 1. The maximum atomic E-state index is 6.02. The first-order chi connectivity index (χ1) is 5.72. The summed E-state index contributed by atoms with van der Waals surface area (Å²) in [5.74, 6) is 0. The van der Waals surface area contributed by atoms with Crippen molar-refractivity contribution in [3.63, 3.8) is 0 Å². The Hall–Kier alpha value is -0.280. The molecule has 1 aliphatic rings. The lowest BCUT2D eigenvalue weighted by molar-refractivity contribution is -0.0568. The van der Waals surface area contributed by atoms with Crippen LogP contribution in [0.5, 0.6) is 0 Å². The van der Waals surface area contributed by atoms with Gasteiger partial charge in [-0.1, -0.05) is 29.8 Å². The minimum Gasteiger partial charge on any atom is -0.377 e. The molecule has 1 saturated heterocycles. The van der Waals surface area contributed by atoms with E-state index in [-0.39, 0.29) is 17.9 Å². The number of halogens is 2. The van der Waals surface area contributed by atoms with Crippen LogP contribution in [0, 0.1) is 0 Å². The van der Waals surface area contributed by atoms with E-state index in [1.54, 1.807) is 0 Å². The molecule has 0 spiro atoms. The Bertz CT molecular complexity index is 299. The number of rotatable bonds is 1. The molecule has 2 N–H and O–H groups in total. The van der Waals surface area contributed by atoms with Crippen molar-refractivity contribution in [1.29, 1.82) is 0 Å². The van der Waals surface area contributed by atoms with Crippen molar-refractivity contribution in [1.82, 2.24) is 0 Å². The van der Waals surface area contributed by atoms with Crippen LogP contribution in [0.4, 0.5) is 0 Å². The molecule has 0 aliphatic carbocycles. The molecule has 0 radical (unpaired) electrons. The van der Waals surface area contributed by atoms with E-state index in [0.717, 1.165) is 10.6 Å². The normalized spacial score (nSPS) is 18.6. The first-order valence-electron chi connectivity index (χ1n) is 3.84. The van der Waals surface area contributed by atoms with Crippen LogP contribution < -0.4 is 5.73 Å². The van der Waals surface area contributed by atoms with Crippen LogP contribution in [-0.4, -0.2) is 13.2 Å². The summed E-state index contributed by atoms with van der Waals surface area (Å²) in [7, 11) is 0. The van der Waals surface area contributed by atoms with Crippen molar-refractivity contribution in [2.24, 2.45) is 5.73 Å². The van der Waals surface area contributed by atoms with Crippen LogP contribution in [0.15, 0.2) is 24.3 Å². The summed E-state index contributed by atoms with van der Waals surface area (Å²) in [6.07, 6.45) is 0. The molecule has 1 aromatic rings. The number of nitrogens with two attached hydrogens (primary N) is 1. The zero-order valence-electron chi connectivity index (χ0n) is 7.00. The fourth-order valence-corrected chi connectivity index (χ4v) is 1.67. The van der Waals surface area contributed by atoms with Gasteiger partial charge < -0.3 is 10.5 Å². The van der Waals surface area contributed by atoms with Gasteiger partial charge >= 0.3 is 0 Å². The lowest BCUT2D eigenvalue weighted by atomic mass is 9.89. The smallest absolute Gasteiger partial charge is 0.0898 e. The highest BCUT2D eigenvalue weighted by atomic mass is 35.5. The predicted octanol–water partition coefficient (Wildman–Crippen LogP) is 1.95. The van der Waals surface area contributed by atoms with Crippen LogP contribution >= 0.6 is 24.0 Å². The van der Waals surface area contributed by atoms with E-state index < -0.39 is 0 Å². The molecule has 1 aromatic carbocycles. The Balaban J connectivity index is 0.000000845. The van der Waals surface area contributed by atoms with E-state index in [1.165, 1.54) is 0 Å². The van der Waals surface area contributed by atoms with Gasteiger partial charge in [0.25, 0.3) is 0 Å². The van der Waals surface area contributed by atoms with Gasteiger partial charge in [0, 0.05) is 5.02 Å². The monoisotopic (exact) mass is 219 g/mol. The fourth-order valence-electron chi connectivity index (χ4n) is 1.34. The molecule has 0 atom stereocenters. The Morgan fingerprint density at radius 1 is 1.31 bits per heavy atom. The van der Waals surface area contributed by atoms with E-state index in [9.17, 15) is 0 Å². The average molecular weight is 220 g/mol. The SMILES string of the molecule is Cl.NC1(c2ccccc2Cl)COC1. The highest BCUT2D eigenvalue weighted by Gasteiger charge is 2.37. The average Bonchev–Trinajstić information content (AvgIpc) is 2.01. The number of benzene rings is 1. The van der Waals surface area contributed by atoms with Gasteiger partial charge in [0.15, 0.2) is 0 Å². The van der Waals surface area contributed by atoms with Crippen LogP contribution in [0.3, 0.4) is 0 Å². The number of hydrogen-bond acceptors (Lipinski definition) is 2. The molecule has 2 nitrogen and oxygen atoms in total. The molecule has 4 heteroatoms. The van der Waals surface area contributed by atoms with Crippen molar-refractivity contribution in [3.05, 3.63) is 34.9 Å². The molecule has 0 aromatic heterocycles. The van der Waals surface area contributed by atoms with Gasteiger partial charge in [0.1, 0.15) is 0 Å². The van der Waals surface area contributed by atoms with Crippen LogP contribution in [0.2, 0.25) is 5.02 Å². The van der Waals surface area contributed by atoms with Gasteiger partial charge in [0.2, 0.25) is 0 Å². The maximum absolute atomic E-state index is 6.02. The van der Waals surface area contributed by atoms with Crippen molar-refractivity contribution >= 4 is 24.0 Å². The molecular weight excluding hydrogens is 209 g/mol. The first kappa shape index (κ1) is 10.8. The summed E-state index contributed by atoms with van der Waals surface area (Å²) in [5.41, 5.74) is 6.65. The second-order valence-electron chi connectivity index (χ2n) is 3.13. The summed E-state index contributed by atoms with van der Waals surface area (Å²) in [6, 6.07) is 7.64. The van der Waals surface area contributed by atoms with E-state index in [1.807, 2.05) is 24.3 Å². The summed E-state index contributed by atoms with van der Waals surface area (Å²) < 4.78 is 5.06. The predicted molar refractivity (Wildman–Crippen MR) is 55.4 cm³/mol. The molecule has 1 aliphatic heterocycles. The fraction of sp³-hybridized carbons (Fsp3) is 0.333. The van der Waals surface area contributed by atoms with Crippen molar-refractivity contribution < 1.29 is 4.74 Å². The zero-order chi connectivity index (χ0) is 8.60. The zero-order valence-corrected chi connectivity index (χ0v) is 8.57. The third-order valence-corrected chi connectivity index (χ3v) is 2.46. The third-order valence-electron chi connectivity index (χ3n) is 2.13. The third kappa shape index (κ3) is 1.81. The van der Waals surface area contributed by atoms with Gasteiger partial charge in [-0.3, -0.25) is 0 Å². The Kier molecular flexibility index (Phi) is 3.19. The minimum absolute atomic E-state index is 0. The molecular formula is C9H11Cl2NO. The summed E-state index contributed by atoms with van der Waals surface area (Å²) in [4.78, 5) is 0. The Labute approximate surface area is 88.4 Å². The Morgan fingerprint density at radius 2 is 1.92 bits per heavy atom. The molecule has 72 valence electrons. The van der Waals surface area contributed by atoms with E-state index in [2.05, 4.69) is 0 Å². The van der Waals surface area contributed by atoms with Crippen molar-refractivity contribution in [3.8, 4) is 0 Å². The lowest BCUT2D eigenvalue weighted by Crippen LogP contribution is -2.54. The van der Waals surface area contributed by atoms with Gasteiger partial charge in [0.05, 0.1) is 18.8 Å². The molecule has 13 heavy (non-hydrogen) atoms. The van der Waals surface area contributed by atoms with Crippen LogP contribution in [0.1, 0.15) is 5.56 Å². The highest BCUT2D eigenvalue weighted by molar-refractivity contribution is 6.31. The van der Waals surface area contributed by atoms with Crippen LogP contribution in [-0.2, 0) is 10.3 Å². The van der Waals surface area contributed by atoms with Crippen molar-refractivity contribution in [2.45, 2.75) is 5.54 Å². The minimum atomic E-state index is -0.349. The van der Waals surface area contributed by atoms with E-state index in [0.29, 0.717) is 13.2 Å². The van der Waals surface area contributed by atoms with Gasteiger partial charge in [-0.25, -0.2) is 0 Å².